The van der Waals surface area contributed by atoms with Gasteiger partial charge in [0.2, 0.25) is 0 Å². The summed E-state index contributed by atoms with van der Waals surface area (Å²) in [5.41, 5.74) is 8.24. The molecule has 0 bridgehead atoms. The summed E-state index contributed by atoms with van der Waals surface area (Å²) in [5.74, 6) is -0.0521. The number of rotatable bonds is 3. The van der Waals surface area contributed by atoms with Crippen LogP contribution in [0.4, 0.5) is 5.69 Å². The van der Waals surface area contributed by atoms with E-state index in [0.29, 0.717) is 16.7 Å². The normalized spacial score (nSPS) is 16.9. The minimum absolute atomic E-state index is 0.0521. The van der Waals surface area contributed by atoms with Crippen LogP contribution in [-0.4, -0.2) is 12.5 Å². The van der Waals surface area contributed by atoms with Gasteiger partial charge in [0, 0.05) is 12.2 Å². The second-order valence-corrected chi connectivity index (χ2v) is 5.03. The molecule has 1 aliphatic rings. The van der Waals surface area contributed by atoms with Crippen molar-refractivity contribution < 1.29 is 4.79 Å². The summed E-state index contributed by atoms with van der Waals surface area (Å²) >= 11 is 0. The molecule has 0 heterocycles. The molecule has 16 heavy (non-hydrogen) atoms. The molecule has 1 saturated carbocycles. The topological polar surface area (TPSA) is 55.1 Å². The minimum atomic E-state index is -0.0521. The lowest BCUT2D eigenvalue weighted by molar-refractivity contribution is 0.0946. The standard InChI is InChI=1S/C13H18N2O/c1-9-4-3-5-10(14)11(9)12(16)15-8-13(2)6-7-13/h3-5H,6-8,14H2,1-2H3,(H,15,16). The van der Waals surface area contributed by atoms with Crippen LogP contribution >= 0.6 is 0 Å². The monoisotopic (exact) mass is 218 g/mol. The van der Waals surface area contributed by atoms with Crippen LogP contribution in [0.25, 0.3) is 0 Å². The van der Waals surface area contributed by atoms with Gasteiger partial charge in [-0.05, 0) is 36.8 Å². The van der Waals surface area contributed by atoms with Crippen molar-refractivity contribution in [2.45, 2.75) is 26.7 Å². The number of amides is 1. The van der Waals surface area contributed by atoms with E-state index in [1.165, 1.54) is 12.8 Å². The van der Waals surface area contributed by atoms with Gasteiger partial charge in [-0.2, -0.15) is 0 Å². The van der Waals surface area contributed by atoms with Crippen LogP contribution in [0.15, 0.2) is 18.2 Å². The summed E-state index contributed by atoms with van der Waals surface area (Å²) in [4.78, 5) is 12.0. The number of nitrogens with two attached hydrogens (primary N) is 1. The maximum Gasteiger partial charge on any atom is 0.253 e. The largest absolute Gasteiger partial charge is 0.398 e. The minimum Gasteiger partial charge on any atom is -0.398 e. The fourth-order valence-electron chi connectivity index (χ4n) is 1.77. The molecule has 0 unspecified atom stereocenters. The van der Waals surface area contributed by atoms with Crippen molar-refractivity contribution >= 4 is 11.6 Å². The van der Waals surface area contributed by atoms with Gasteiger partial charge in [0.25, 0.3) is 5.91 Å². The number of carbonyl (C=O) groups is 1. The van der Waals surface area contributed by atoms with E-state index in [1.54, 1.807) is 6.07 Å². The van der Waals surface area contributed by atoms with Gasteiger partial charge in [-0.1, -0.05) is 19.1 Å². The summed E-state index contributed by atoms with van der Waals surface area (Å²) < 4.78 is 0. The van der Waals surface area contributed by atoms with Crippen LogP contribution in [-0.2, 0) is 0 Å². The molecular weight excluding hydrogens is 200 g/mol. The average Bonchev–Trinajstić information content (AvgIpc) is 2.94. The highest BCUT2D eigenvalue weighted by atomic mass is 16.1. The first-order valence-electron chi connectivity index (χ1n) is 5.65. The fraction of sp³-hybridized carbons (Fsp3) is 0.462. The highest BCUT2D eigenvalue weighted by Gasteiger charge is 2.37. The molecule has 3 nitrogen and oxygen atoms in total. The number of nitrogen functional groups attached to an aromatic ring is 1. The van der Waals surface area contributed by atoms with E-state index in [1.807, 2.05) is 19.1 Å². The smallest absolute Gasteiger partial charge is 0.253 e. The van der Waals surface area contributed by atoms with Crippen LogP contribution < -0.4 is 11.1 Å². The molecule has 1 aliphatic carbocycles. The first-order valence-corrected chi connectivity index (χ1v) is 5.65. The number of hydrogen-bond acceptors (Lipinski definition) is 2. The Morgan fingerprint density at radius 3 is 2.75 bits per heavy atom. The van der Waals surface area contributed by atoms with E-state index >= 15 is 0 Å². The van der Waals surface area contributed by atoms with E-state index in [4.69, 9.17) is 5.73 Å². The summed E-state index contributed by atoms with van der Waals surface area (Å²) in [7, 11) is 0. The van der Waals surface area contributed by atoms with Gasteiger partial charge in [0.05, 0.1) is 5.56 Å². The van der Waals surface area contributed by atoms with Crippen LogP contribution in [0.3, 0.4) is 0 Å². The first kappa shape index (κ1) is 11.0. The molecule has 1 aromatic rings. The Bertz CT molecular complexity index is 402. The summed E-state index contributed by atoms with van der Waals surface area (Å²) in [6, 6.07) is 5.54. The molecule has 0 spiro atoms. The number of carbonyl (C=O) groups excluding carboxylic acids is 1. The SMILES string of the molecule is Cc1cccc(N)c1C(=O)NCC1(C)CC1. The quantitative estimate of drug-likeness (QED) is 0.763. The van der Waals surface area contributed by atoms with Crippen molar-refractivity contribution in [3.05, 3.63) is 29.3 Å². The summed E-state index contributed by atoms with van der Waals surface area (Å²) in [6.07, 6.45) is 2.41. The Balaban J connectivity index is 2.08. The number of benzene rings is 1. The second kappa shape index (κ2) is 3.81. The molecule has 0 radical (unpaired) electrons. The van der Waals surface area contributed by atoms with Gasteiger partial charge in [0.15, 0.2) is 0 Å². The zero-order valence-corrected chi connectivity index (χ0v) is 9.84. The maximum absolute atomic E-state index is 12.0. The lowest BCUT2D eigenvalue weighted by Crippen LogP contribution is -2.30. The molecule has 3 N–H and O–H groups in total. The molecular formula is C13H18N2O. The predicted molar refractivity (Wildman–Crippen MR) is 65.3 cm³/mol. The van der Waals surface area contributed by atoms with E-state index < -0.39 is 0 Å². The van der Waals surface area contributed by atoms with Crippen molar-refractivity contribution in [2.75, 3.05) is 12.3 Å². The van der Waals surface area contributed by atoms with Crippen molar-refractivity contribution in [2.24, 2.45) is 5.41 Å². The van der Waals surface area contributed by atoms with Gasteiger partial charge in [-0.25, -0.2) is 0 Å². The van der Waals surface area contributed by atoms with Gasteiger partial charge < -0.3 is 11.1 Å². The zero-order chi connectivity index (χ0) is 11.8. The van der Waals surface area contributed by atoms with E-state index in [9.17, 15) is 4.79 Å². The van der Waals surface area contributed by atoms with Gasteiger partial charge >= 0.3 is 0 Å². The molecule has 1 amide bonds. The Labute approximate surface area is 96.0 Å². The second-order valence-electron chi connectivity index (χ2n) is 5.03. The highest BCUT2D eigenvalue weighted by molar-refractivity contribution is 6.00. The van der Waals surface area contributed by atoms with Gasteiger partial charge in [-0.3, -0.25) is 4.79 Å². The van der Waals surface area contributed by atoms with Gasteiger partial charge in [0.1, 0.15) is 0 Å². The lowest BCUT2D eigenvalue weighted by atomic mass is 10.1. The first-order chi connectivity index (χ1) is 7.52. The molecule has 0 atom stereocenters. The molecule has 1 fully saturated rings. The number of anilines is 1. The summed E-state index contributed by atoms with van der Waals surface area (Å²) in [5, 5.41) is 2.96. The Morgan fingerprint density at radius 1 is 1.50 bits per heavy atom. The molecule has 0 saturated heterocycles. The van der Waals surface area contributed by atoms with Crippen molar-refractivity contribution in [1.29, 1.82) is 0 Å². The fourth-order valence-corrected chi connectivity index (χ4v) is 1.77. The molecule has 0 aromatic heterocycles. The van der Waals surface area contributed by atoms with E-state index in [2.05, 4.69) is 12.2 Å². The van der Waals surface area contributed by atoms with Crippen LogP contribution in [0.2, 0.25) is 0 Å². The molecule has 3 heteroatoms. The number of hydrogen-bond donors (Lipinski definition) is 2. The maximum atomic E-state index is 12.0. The van der Waals surface area contributed by atoms with E-state index in [-0.39, 0.29) is 5.91 Å². The van der Waals surface area contributed by atoms with Crippen molar-refractivity contribution in [1.82, 2.24) is 5.32 Å². The lowest BCUT2D eigenvalue weighted by Gasteiger charge is -2.12. The predicted octanol–water partition coefficient (Wildman–Crippen LogP) is 2.11. The Morgan fingerprint density at radius 2 is 2.19 bits per heavy atom. The van der Waals surface area contributed by atoms with Crippen LogP contribution in [0, 0.1) is 12.3 Å². The zero-order valence-electron chi connectivity index (χ0n) is 9.84. The van der Waals surface area contributed by atoms with Crippen molar-refractivity contribution in [3.63, 3.8) is 0 Å². The third-order valence-corrected chi connectivity index (χ3v) is 3.31. The molecule has 86 valence electrons. The highest BCUT2D eigenvalue weighted by Crippen LogP contribution is 2.44. The Kier molecular flexibility index (Phi) is 2.62. The van der Waals surface area contributed by atoms with Crippen LogP contribution in [0.1, 0.15) is 35.7 Å². The average molecular weight is 218 g/mol. The third kappa shape index (κ3) is 2.18. The molecule has 0 aliphatic heterocycles. The molecule has 2 rings (SSSR count). The van der Waals surface area contributed by atoms with Crippen LogP contribution in [0.5, 0.6) is 0 Å². The third-order valence-electron chi connectivity index (χ3n) is 3.31. The Hall–Kier alpha value is -1.51. The number of aryl methyl sites for hydroxylation is 1. The number of nitrogens with one attached hydrogen (secondary N) is 1. The van der Waals surface area contributed by atoms with Crippen molar-refractivity contribution in [3.8, 4) is 0 Å². The molecule has 1 aromatic carbocycles. The summed E-state index contributed by atoms with van der Waals surface area (Å²) in [6.45, 7) is 4.85. The van der Waals surface area contributed by atoms with Gasteiger partial charge in [-0.15, -0.1) is 0 Å². The van der Waals surface area contributed by atoms with E-state index in [0.717, 1.165) is 12.1 Å².